The molecule has 0 aliphatic rings. The standard InChI is InChI=1S/C13H5ClF7N3OS.C12H2BrClF7N3OS.2CH3.Zn/c1-5-11(26(25)13(19,20)21)9(4-22)23-24(5)10-7(14)2-6(3-8(10)15)12(16,17)18;13-10-9(26(25)12(19,20)21)7(3-22)23-24(10)8-5(14)1-4(2-6(8)15)11(16,17)18;;;/h2-3H,1H3;1-2H;2*1H3;/q;;2*-1;+2. The molecule has 2 aromatic heterocycles. The van der Waals surface area contributed by atoms with Gasteiger partial charge in [-0.25, -0.2) is 26.6 Å². The first kappa shape index (κ1) is 51.8. The van der Waals surface area contributed by atoms with Gasteiger partial charge < -0.3 is 14.9 Å². The molecular weight excluding hydrogens is 987 g/mol. The number of alkyl halides is 12. The summed E-state index contributed by atoms with van der Waals surface area (Å²) in [5.74, 6) is -3.11. The fourth-order valence-corrected chi connectivity index (χ4v) is 6.91. The van der Waals surface area contributed by atoms with Crippen LogP contribution in [0.2, 0.25) is 10.0 Å². The second kappa shape index (κ2) is 18.4. The number of aromatic nitrogens is 4. The Balaban J connectivity index is 0.00000101. The Hall–Kier alpha value is -3.16. The molecule has 0 aliphatic heterocycles. The molecule has 4 aromatic rings. The summed E-state index contributed by atoms with van der Waals surface area (Å²) in [4.78, 5) is -2.15. The van der Waals surface area contributed by atoms with E-state index in [1.165, 1.54) is 12.1 Å². The number of halogens is 17. The zero-order chi connectivity index (χ0) is 40.0. The molecule has 0 N–H and O–H groups in total. The van der Waals surface area contributed by atoms with E-state index in [4.69, 9.17) is 33.7 Å². The minimum Gasteiger partial charge on any atom is -0.358 e. The molecule has 2 atom stereocenters. The van der Waals surface area contributed by atoms with Gasteiger partial charge in [0.2, 0.25) is 0 Å². The van der Waals surface area contributed by atoms with E-state index < -0.39 is 121 Å². The first-order chi connectivity index (χ1) is 23.6. The summed E-state index contributed by atoms with van der Waals surface area (Å²) in [5, 5.41) is 22.9. The van der Waals surface area contributed by atoms with Gasteiger partial charge in [0.25, 0.3) is 0 Å². The minimum atomic E-state index is -5.26. The van der Waals surface area contributed by atoms with Crippen molar-refractivity contribution in [3.8, 4) is 23.5 Å². The van der Waals surface area contributed by atoms with E-state index >= 15 is 0 Å². The third-order valence-electron chi connectivity index (χ3n) is 5.96. The molecule has 8 nitrogen and oxygen atoms in total. The predicted octanol–water partition coefficient (Wildman–Crippen LogP) is 10.3. The molecule has 0 aliphatic carbocycles. The van der Waals surface area contributed by atoms with Crippen molar-refractivity contribution in [1.29, 1.82) is 10.5 Å². The first-order valence-corrected chi connectivity index (χ1v) is 16.2. The molecule has 28 heteroatoms. The Morgan fingerprint density at radius 3 is 1.33 bits per heavy atom. The van der Waals surface area contributed by atoms with Crippen LogP contribution in [0.1, 0.15) is 28.2 Å². The van der Waals surface area contributed by atoms with E-state index in [0.717, 1.165) is 6.92 Å². The zero-order valence-electron chi connectivity index (χ0n) is 26.8. The van der Waals surface area contributed by atoms with Gasteiger partial charge in [-0.1, -0.05) is 23.2 Å². The van der Waals surface area contributed by atoms with Gasteiger partial charge in [-0.2, -0.15) is 73.4 Å². The summed E-state index contributed by atoms with van der Waals surface area (Å²) in [5.41, 5.74) is -17.5. The Labute approximate surface area is 335 Å². The summed E-state index contributed by atoms with van der Waals surface area (Å²) >= 11 is 13.9. The summed E-state index contributed by atoms with van der Waals surface area (Å²) in [6.45, 7) is 0.945. The number of nitriles is 2. The molecule has 2 heterocycles. The molecular formula is C27H13BrCl2F14N6O2S2Zn. The fourth-order valence-electron chi connectivity index (χ4n) is 3.86. The molecule has 55 heavy (non-hydrogen) atoms. The van der Waals surface area contributed by atoms with Crippen molar-refractivity contribution < 1.29 is 89.4 Å². The van der Waals surface area contributed by atoms with Crippen molar-refractivity contribution in [1.82, 2.24) is 19.6 Å². The number of benzene rings is 2. The second-order valence-corrected chi connectivity index (χ2v) is 13.7. The number of nitrogens with zero attached hydrogens (tertiary/aromatic N) is 6. The van der Waals surface area contributed by atoms with Gasteiger partial charge in [0.1, 0.15) is 37.9 Å². The van der Waals surface area contributed by atoms with Crippen molar-refractivity contribution >= 4 is 60.7 Å². The van der Waals surface area contributed by atoms with Gasteiger partial charge in [0.05, 0.1) is 26.9 Å². The maximum Gasteiger partial charge on any atom is 2.00 e. The zero-order valence-corrected chi connectivity index (χ0v) is 34.5. The Morgan fingerprint density at radius 1 is 0.673 bits per heavy atom. The van der Waals surface area contributed by atoms with Crippen molar-refractivity contribution in [2.24, 2.45) is 0 Å². The van der Waals surface area contributed by atoms with E-state index in [1.54, 1.807) is 0 Å². The van der Waals surface area contributed by atoms with Gasteiger partial charge in [0.15, 0.2) is 44.6 Å². The Kier molecular flexibility index (Phi) is 17.3. The van der Waals surface area contributed by atoms with Crippen LogP contribution in [0.15, 0.2) is 38.7 Å². The van der Waals surface area contributed by atoms with Crippen molar-refractivity contribution in [3.05, 3.63) is 93.6 Å². The van der Waals surface area contributed by atoms with Crippen LogP contribution < -0.4 is 0 Å². The Bertz CT molecular complexity index is 2010. The molecule has 0 spiro atoms. The van der Waals surface area contributed by atoms with Crippen LogP contribution >= 0.6 is 39.1 Å². The number of hydrogen-bond donors (Lipinski definition) is 0. The fraction of sp³-hybridized carbons (Fsp3) is 0.185. The van der Waals surface area contributed by atoms with E-state index in [-0.39, 0.29) is 46.5 Å². The average Bonchev–Trinajstić information content (AvgIpc) is 3.49. The van der Waals surface area contributed by atoms with E-state index in [0.29, 0.717) is 21.5 Å². The third-order valence-corrected chi connectivity index (χ3v) is 9.99. The molecule has 0 saturated heterocycles. The van der Waals surface area contributed by atoms with Gasteiger partial charge in [0, 0.05) is 0 Å². The van der Waals surface area contributed by atoms with Gasteiger partial charge >= 0.3 is 42.8 Å². The van der Waals surface area contributed by atoms with Crippen LogP contribution in [0.25, 0.3) is 11.4 Å². The van der Waals surface area contributed by atoms with Crippen LogP contribution in [0.5, 0.6) is 0 Å². The van der Waals surface area contributed by atoms with Crippen molar-refractivity contribution in [2.45, 2.75) is 40.1 Å². The Morgan fingerprint density at radius 2 is 1.00 bits per heavy atom. The molecule has 296 valence electrons. The van der Waals surface area contributed by atoms with Gasteiger partial charge in [-0.15, -0.1) is 0 Å². The van der Waals surface area contributed by atoms with E-state index in [2.05, 4.69) is 26.1 Å². The van der Waals surface area contributed by atoms with Crippen LogP contribution in [0.3, 0.4) is 0 Å². The third kappa shape index (κ3) is 11.0. The van der Waals surface area contributed by atoms with Crippen LogP contribution in [0.4, 0.5) is 61.5 Å². The topological polar surface area (TPSA) is 117 Å². The quantitative estimate of drug-likeness (QED) is 0.114. The molecule has 4 rings (SSSR count). The summed E-state index contributed by atoms with van der Waals surface area (Å²) in [6, 6.07) is 3.36. The molecule has 0 saturated carbocycles. The van der Waals surface area contributed by atoms with Crippen molar-refractivity contribution in [2.75, 3.05) is 0 Å². The number of rotatable bonds is 4. The molecule has 2 aromatic carbocycles. The summed E-state index contributed by atoms with van der Waals surface area (Å²) in [7, 11) is -7.37. The van der Waals surface area contributed by atoms with Crippen LogP contribution in [-0.2, 0) is 53.4 Å². The average molecular weight is 1000 g/mol. The maximum absolute atomic E-state index is 14.2. The molecule has 2 unspecified atom stereocenters. The van der Waals surface area contributed by atoms with Crippen LogP contribution in [0, 0.1) is 56.1 Å². The minimum absolute atomic E-state index is 0. The van der Waals surface area contributed by atoms with E-state index in [1.807, 2.05) is 0 Å². The van der Waals surface area contributed by atoms with Crippen molar-refractivity contribution in [3.63, 3.8) is 0 Å². The molecule has 0 amide bonds. The SMILES string of the molecule is Cc1c(S(=O)C(F)(F)F)c(C#N)nn1-c1c(F)cc(C(F)(F)F)cc1Cl.N#Cc1nn(-c2c(F)cc(C(F)(F)F)cc2Cl)c(Br)c1S(=O)C(F)(F)F.[CH3-].[CH3-].[Zn+2]. The predicted molar refractivity (Wildman–Crippen MR) is 167 cm³/mol. The summed E-state index contributed by atoms with van der Waals surface area (Å²) < 4.78 is 204. The second-order valence-electron chi connectivity index (χ2n) is 9.28. The molecule has 0 fully saturated rings. The largest absolute Gasteiger partial charge is 2.00 e. The summed E-state index contributed by atoms with van der Waals surface area (Å²) in [6.07, 6.45) is -9.84. The smallest absolute Gasteiger partial charge is 0.358 e. The molecule has 0 radical (unpaired) electrons. The van der Waals surface area contributed by atoms with Gasteiger partial charge in [-0.05, 0) is 47.1 Å². The molecule has 0 bridgehead atoms. The first-order valence-electron chi connectivity index (χ1n) is 12.4. The maximum atomic E-state index is 14.2. The normalized spacial score (nSPS) is 12.8. The number of hydrogen-bond acceptors (Lipinski definition) is 6. The van der Waals surface area contributed by atoms with Crippen LogP contribution in [-0.4, -0.2) is 39.0 Å². The van der Waals surface area contributed by atoms with E-state index in [9.17, 15) is 69.9 Å². The monoisotopic (exact) mass is 996 g/mol. The van der Waals surface area contributed by atoms with Gasteiger partial charge in [-0.3, -0.25) is 0 Å².